The molecule has 0 N–H and O–H groups in total. The number of rotatable bonds is 2. The number of carbonyl (C=O) groups excluding carboxylic acids is 1. The Hall–Kier alpha value is -2.35. The predicted molar refractivity (Wildman–Crippen MR) is 97.1 cm³/mol. The van der Waals surface area contributed by atoms with Crippen LogP contribution in [0, 0.1) is 5.41 Å². The third-order valence-electron chi connectivity index (χ3n) is 5.77. The Kier molecular flexibility index (Phi) is 3.56. The lowest BCUT2D eigenvalue weighted by Crippen LogP contribution is -2.27. The molecule has 0 aliphatic heterocycles. The Morgan fingerprint density at radius 1 is 1.04 bits per heavy atom. The lowest BCUT2D eigenvalue weighted by Gasteiger charge is -2.34. The Bertz CT molecular complexity index is 822. The second-order valence-electron chi connectivity index (χ2n) is 7.08. The lowest BCUT2D eigenvalue weighted by molar-refractivity contribution is -0.121. The summed E-state index contributed by atoms with van der Waals surface area (Å²) in [6, 6.07) is 14.8. The van der Waals surface area contributed by atoms with Crippen LogP contribution in [0.4, 0.5) is 0 Å². The van der Waals surface area contributed by atoms with Crippen LogP contribution in [0.25, 0.3) is 16.7 Å². The SMILES string of the molecule is C=C1c2cc(-c3cccc(OC)c3)ccc2CC12CCC(=O)CC2. The number of Topliss-reactive ketones (excluding diaryl/α,β-unsaturated/α-hetero) is 1. The van der Waals surface area contributed by atoms with E-state index in [-0.39, 0.29) is 5.41 Å². The third-order valence-corrected chi connectivity index (χ3v) is 5.77. The van der Waals surface area contributed by atoms with Crippen molar-refractivity contribution >= 4 is 11.4 Å². The summed E-state index contributed by atoms with van der Waals surface area (Å²) in [6.07, 6.45) is 4.35. The van der Waals surface area contributed by atoms with Gasteiger partial charge in [0, 0.05) is 18.3 Å². The first-order valence-electron chi connectivity index (χ1n) is 8.60. The van der Waals surface area contributed by atoms with Crippen molar-refractivity contribution in [1.29, 1.82) is 0 Å². The van der Waals surface area contributed by atoms with Gasteiger partial charge in [0.05, 0.1) is 7.11 Å². The van der Waals surface area contributed by atoms with Gasteiger partial charge in [0.25, 0.3) is 0 Å². The number of allylic oxidation sites excluding steroid dienone is 1. The number of methoxy groups -OCH3 is 1. The fraction of sp³-hybridized carbons (Fsp3) is 0.318. The van der Waals surface area contributed by atoms with E-state index in [1.165, 1.54) is 22.3 Å². The van der Waals surface area contributed by atoms with Gasteiger partial charge in [-0.05, 0) is 65.3 Å². The first-order chi connectivity index (χ1) is 11.6. The number of ketones is 1. The highest BCUT2D eigenvalue weighted by molar-refractivity contribution is 5.84. The number of hydrogen-bond acceptors (Lipinski definition) is 2. The molecule has 122 valence electrons. The first kappa shape index (κ1) is 15.2. The lowest BCUT2D eigenvalue weighted by atomic mass is 9.69. The Morgan fingerprint density at radius 2 is 1.79 bits per heavy atom. The minimum atomic E-state index is 0.114. The zero-order valence-electron chi connectivity index (χ0n) is 14.1. The number of benzene rings is 2. The molecule has 0 amide bonds. The largest absolute Gasteiger partial charge is 0.497 e. The van der Waals surface area contributed by atoms with Crippen molar-refractivity contribution in [3.05, 3.63) is 60.2 Å². The highest BCUT2D eigenvalue weighted by Crippen LogP contribution is 2.53. The quantitative estimate of drug-likeness (QED) is 0.773. The van der Waals surface area contributed by atoms with Crippen molar-refractivity contribution < 1.29 is 9.53 Å². The highest BCUT2D eigenvalue weighted by atomic mass is 16.5. The van der Waals surface area contributed by atoms with Gasteiger partial charge in [0.1, 0.15) is 11.5 Å². The summed E-state index contributed by atoms with van der Waals surface area (Å²) >= 11 is 0. The van der Waals surface area contributed by atoms with Crippen molar-refractivity contribution in [2.75, 3.05) is 7.11 Å². The van der Waals surface area contributed by atoms with E-state index in [0.29, 0.717) is 18.6 Å². The van der Waals surface area contributed by atoms with Crippen LogP contribution in [0.5, 0.6) is 5.75 Å². The van der Waals surface area contributed by atoms with Crippen molar-refractivity contribution in [1.82, 2.24) is 0 Å². The van der Waals surface area contributed by atoms with E-state index in [1.54, 1.807) is 7.11 Å². The van der Waals surface area contributed by atoms with Crippen LogP contribution in [-0.4, -0.2) is 12.9 Å². The molecule has 0 atom stereocenters. The minimum Gasteiger partial charge on any atom is -0.497 e. The zero-order valence-corrected chi connectivity index (χ0v) is 14.1. The first-order valence-corrected chi connectivity index (χ1v) is 8.60. The Labute approximate surface area is 143 Å². The topological polar surface area (TPSA) is 26.3 Å². The van der Waals surface area contributed by atoms with Crippen LogP contribution in [0.1, 0.15) is 36.8 Å². The van der Waals surface area contributed by atoms with Gasteiger partial charge < -0.3 is 4.74 Å². The Balaban J connectivity index is 1.70. The van der Waals surface area contributed by atoms with Gasteiger partial charge in [0.2, 0.25) is 0 Å². The third kappa shape index (κ3) is 2.37. The molecular weight excluding hydrogens is 296 g/mol. The van der Waals surface area contributed by atoms with Crippen LogP contribution in [0.15, 0.2) is 49.0 Å². The van der Waals surface area contributed by atoms with Gasteiger partial charge >= 0.3 is 0 Å². The zero-order chi connectivity index (χ0) is 16.7. The van der Waals surface area contributed by atoms with E-state index in [0.717, 1.165) is 30.6 Å². The standard InChI is InChI=1S/C22H22O2/c1-15-21-13-17(16-4-3-5-20(12-16)24-2)6-7-18(21)14-22(15)10-8-19(23)9-11-22/h3-7,12-13H,1,8-11,14H2,2H3. The molecule has 1 spiro atoms. The average Bonchev–Trinajstić information content (AvgIpc) is 2.89. The molecule has 2 heteroatoms. The molecule has 24 heavy (non-hydrogen) atoms. The predicted octanol–water partition coefficient (Wildman–Crippen LogP) is 5.06. The average molecular weight is 318 g/mol. The molecule has 2 aliphatic carbocycles. The molecule has 0 aromatic heterocycles. The number of fused-ring (bicyclic) bond motifs is 1. The molecule has 1 fully saturated rings. The molecule has 2 aliphatic rings. The smallest absolute Gasteiger partial charge is 0.132 e. The molecule has 0 saturated heterocycles. The molecule has 0 radical (unpaired) electrons. The van der Waals surface area contributed by atoms with Gasteiger partial charge in [0.15, 0.2) is 0 Å². The number of carbonyl (C=O) groups is 1. The maximum atomic E-state index is 11.6. The second kappa shape index (κ2) is 5.62. The molecule has 2 aromatic rings. The Morgan fingerprint density at radius 3 is 2.54 bits per heavy atom. The van der Waals surface area contributed by atoms with Crippen molar-refractivity contribution in [2.24, 2.45) is 5.41 Å². The molecule has 0 bridgehead atoms. The molecule has 4 rings (SSSR count). The molecule has 2 aromatic carbocycles. The second-order valence-corrected chi connectivity index (χ2v) is 7.08. The van der Waals surface area contributed by atoms with Gasteiger partial charge in [-0.1, -0.05) is 30.8 Å². The summed E-state index contributed by atoms with van der Waals surface area (Å²) in [5.74, 6) is 1.27. The molecule has 0 unspecified atom stereocenters. The van der Waals surface area contributed by atoms with Crippen LogP contribution >= 0.6 is 0 Å². The molecule has 0 heterocycles. The summed E-state index contributed by atoms with van der Waals surface area (Å²) in [5, 5.41) is 0. The van der Waals surface area contributed by atoms with E-state index in [4.69, 9.17) is 4.74 Å². The van der Waals surface area contributed by atoms with Crippen molar-refractivity contribution in [3.63, 3.8) is 0 Å². The van der Waals surface area contributed by atoms with Crippen molar-refractivity contribution in [3.8, 4) is 16.9 Å². The van der Waals surface area contributed by atoms with E-state index in [2.05, 4.69) is 36.9 Å². The fourth-order valence-corrected chi connectivity index (χ4v) is 4.24. The minimum absolute atomic E-state index is 0.114. The van der Waals surface area contributed by atoms with Crippen LogP contribution in [-0.2, 0) is 11.2 Å². The summed E-state index contributed by atoms with van der Waals surface area (Å²) in [4.78, 5) is 11.6. The van der Waals surface area contributed by atoms with Gasteiger partial charge in [-0.3, -0.25) is 4.79 Å². The summed E-state index contributed by atoms with van der Waals surface area (Å²) < 4.78 is 5.34. The summed E-state index contributed by atoms with van der Waals surface area (Å²) in [7, 11) is 1.69. The number of hydrogen-bond donors (Lipinski definition) is 0. The molecule has 1 saturated carbocycles. The summed E-state index contributed by atoms with van der Waals surface area (Å²) in [5.41, 5.74) is 6.35. The maximum absolute atomic E-state index is 11.6. The number of ether oxygens (including phenoxy) is 1. The molecule has 2 nitrogen and oxygen atoms in total. The molecular formula is C22H22O2. The van der Waals surface area contributed by atoms with E-state index >= 15 is 0 Å². The van der Waals surface area contributed by atoms with Crippen molar-refractivity contribution in [2.45, 2.75) is 32.1 Å². The van der Waals surface area contributed by atoms with E-state index < -0.39 is 0 Å². The maximum Gasteiger partial charge on any atom is 0.132 e. The highest BCUT2D eigenvalue weighted by Gasteiger charge is 2.42. The van der Waals surface area contributed by atoms with Gasteiger partial charge in [-0.25, -0.2) is 0 Å². The monoisotopic (exact) mass is 318 g/mol. The fourth-order valence-electron chi connectivity index (χ4n) is 4.24. The van der Waals surface area contributed by atoms with Crippen LogP contribution < -0.4 is 4.74 Å². The summed E-state index contributed by atoms with van der Waals surface area (Å²) in [6.45, 7) is 4.43. The van der Waals surface area contributed by atoms with Crippen LogP contribution in [0.2, 0.25) is 0 Å². The van der Waals surface area contributed by atoms with E-state index in [9.17, 15) is 4.79 Å². The van der Waals surface area contributed by atoms with Crippen LogP contribution in [0.3, 0.4) is 0 Å². The van der Waals surface area contributed by atoms with Gasteiger partial charge in [-0.2, -0.15) is 0 Å². The van der Waals surface area contributed by atoms with Gasteiger partial charge in [-0.15, -0.1) is 0 Å². The normalized spacial score (nSPS) is 18.7. The van der Waals surface area contributed by atoms with E-state index in [1.807, 2.05) is 12.1 Å².